The monoisotopic (exact) mass is 348 g/mol. The van der Waals surface area contributed by atoms with Crippen LogP contribution in [0, 0.1) is 0 Å². The molecule has 1 unspecified atom stereocenters. The molecular weight excluding hydrogens is 328 g/mol. The largest absolute Gasteiger partial charge is 0.465 e. The van der Waals surface area contributed by atoms with Crippen molar-refractivity contribution in [3.05, 3.63) is 16.3 Å². The van der Waals surface area contributed by atoms with E-state index in [1.165, 1.54) is 18.6 Å². The first kappa shape index (κ1) is 17.4. The highest BCUT2D eigenvalue weighted by molar-refractivity contribution is 7.89. The van der Waals surface area contributed by atoms with Crippen molar-refractivity contribution >= 4 is 27.3 Å². The number of nitrogens with one attached hydrogen (secondary N) is 2. The van der Waals surface area contributed by atoms with Crippen molar-refractivity contribution in [1.29, 1.82) is 0 Å². The van der Waals surface area contributed by atoms with Gasteiger partial charge >= 0.3 is 5.97 Å². The Morgan fingerprint density at radius 2 is 2.27 bits per heavy atom. The van der Waals surface area contributed by atoms with Crippen LogP contribution in [-0.4, -0.2) is 53.8 Å². The number of ether oxygens (including phenoxy) is 2. The summed E-state index contributed by atoms with van der Waals surface area (Å²) in [6.07, 6.45) is 1.83. The number of sulfonamides is 1. The lowest BCUT2D eigenvalue weighted by atomic mass is 9.99. The van der Waals surface area contributed by atoms with Crippen molar-refractivity contribution in [2.75, 3.05) is 33.9 Å². The van der Waals surface area contributed by atoms with Crippen LogP contribution in [0.2, 0.25) is 0 Å². The first-order chi connectivity index (χ1) is 10.4. The van der Waals surface area contributed by atoms with Crippen LogP contribution in [0.3, 0.4) is 0 Å². The van der Waals surface area contributed by atoms with Gasteiger partial charge in [0.25, 0.3) is 0 Å². The van der Waals surface area contributed by atoms with E-state index in [2.05, 4.69) is 14.8 Å². The van der Waals surface area contributed by atoms with Gasteiger partial charge in [-0.1, -0.05) is 0 Å². The van der Waals surface area contributed by atoms with Crippen LogP contribution in [0.5, 0.6) is 0 Å². The fourth-order valence-corrected chi connectivity index (χ4v) is 4.77. The zero-order chi connectivity index (χ0) is 16.2. The average Bonchev–Trinajstić information content (AvgIpc) is 3.15. The first-order valence-electron chi connectivity index (χ1n) is 6.83. The summed E-state index contributed by atoms with van der Waals surface area (Å²) in [7, 11) is -0.814. The third-order valence-corrected chi connectivity index (χ3v) is 6.07. The maximum Gasteiger partial charge on any atom is 0.348 e. The third kappa shape index (κ3) is 3.85. The molecule has 0 aromatic carbocycles. The molecule has 9 heteroatoms. The molecule has 2 rings (SSSR count). The quantitative estimate of drug-likeness (QED) is 0.700. The summed E-state index contributed by atoms with van der Waals surface area (Å²) in [5.74, 6) is -0.542. The van der Waals surface area contributed by atoms with Crippen LogP contribution in [0.25, 0.3) is 0 Å². The standard InChI is InChI=1S/C13H20N2O5S2/c1-19-9-13(4-3-5-14-13)8-15-22(17,18)10-6-11(21-7-10)12(16)20-2/h6-7,14-15H,3-5,8-9H2,1-2H3. The fourth-order valence-electron chi connectivity index (χ4n) is 2.45. The Morgan fingerprint density at radius 3 is 2.86 bits per heavy atom. The Kier molecular flexibility index (Phi) is 5.56. The number of rotatable bonds is 7. The molecule has 7 nitrogen and oxygen atoms in total. The van der Waals surface area contributed by atoms with Crippen LogP contribution in [0.1, 0.15) is 22.5 Å². The van der Waals surface area contributed by atoms with E-state index < -0.39 is 16.0 Å². The van der Waals surface area contributed by atoms with Gasteiger partial charge in [0.05, 0.1) is 24.2 Å². The zero-order valence-electron chi connectivity index (χ0n) is 12.5. The van der Waals surface area contributed by atoms with Gasteiger partial charge in [-0.3, -0.25) is 0 Å². The molecule has 1 saturated heterocycles. The minimum Gasteiger partial charge on any atom is -0.465 e. The van der Waals surface area contributed by atoms with Crippen LogP contribution in [0.4, 0.5) is 0 Å². The molecule has 1 aliphatic rings. The fraction of sp³-hybridized carbons (Fsp3) is 0.615. The van der Waals surface area contributed by atoms with Crippen molar-refractivity contribution in [3.8, 4) is 0 Å². The summed E-state index contributed by atoms with van der Waals surface area (Å²) in [6.45, 7) is 1.52. The number of thiophene rings is 1. The molecule has 0 bridgehead atoms. The van der Waals surface area contributed by atoms with Gasteiger partial charge in [-0.15, -0.1) is 11.3 Å². The number of esters is 1. The van der Waals surface area contributed by atoms with Gasteiger partial charge in [0.15, 0.2) is 0 Å². The summed E-state index contributed by atoms with van der Waals surface area (Å²) in [4.78, 5) is 11.7. The Balaban J connectivity index is 2.07. The highest BCUT2D eigenvalue weighted by Gasteiger charge is 2.35. The third-order valence-electron chi connectivity index (χ3n) is 3.63. The smallest absolute Gasteiger partial charge is 0.348 e. The molecule has 0 radical (unpaired) electrons. The van der Waals surface area contributed by atoms with Crippen molar-refractivity contribution in [3.63, 3.8) is 0 Å². The van der Waals surface area contributed by atoms with Gasteiger partial charge in [-0.2, -0.15) is 0 Å². The van der Waals surface area contributed by atoms with Gasteiger partial charge in [-0.05, 0) is 25.5 Å². The van der Waals surface area contributed by atoms with Crippen molar-refractivity contribution < 1.29 is 22.7 Å². The van der Waals surface area contributed by atoms with Gasteiger partial charge in [-0.25, -0.2) is 17.9 Å². The molecule has 1 aromatic rings. The van der Waals surface area contributed by atoms with Gasteiger partial charge < -0.3 is 14.8 Å². The maximum absolute atomic E-state index is 12.3. The molecule has 1 aromatic heterocycles. The lowest BCUT2D eigenvalue weighted by Crippen LogP contribution is -2.52. The number of carbonyl (C=O) groups is 1. The van der Waals surface area contributed by atoms with E-state index in [9.17, 15) is 13.2 Å². The second-order valence-corrected chi connectivity index (χ2v) is 7.88. The molecule has 0 spiro atoms. The minimum atomic E-state index is -3.67. The molecule has 0 aliphatic carbocycles. The Hall–Kier alpha value is -1.00. The maximum atomic E-state index is 12.3. The van der Waals surface area contributed by atoms with E-state index >= 15 is 0 Å². The molecule has 1 fully saturated rings. The lowest BCUT2D eigenvalue weighted by Gasteiger charge is -2.28. The van der Waals surface area contributed by atoms with E-state index in [4.69, 9.17) is 4.74 Å². The van der Waals surface area contributed by atoms with E-state index in [0.717, 1.165) is 30.7 Å². The number of methoxy groups -OCH3 is 2. The molecule has 0 saturated carbocycles. The predicted molar refractivity (Wildman–Crippen MR) is 82.7 cm³/mol. The second kappa shape index (κ2) is 7.05. The number of carbonyl (C=O) groups excluding carboxylic acids is 1. The van der Waals surface area contributed by atoms with E-state index in [1.807, 2.05) is 0 Å². The Bertz CT molecular complexity index is 620. The van der Waals surface area contributed by atoms with Crippen LogP contribution < -0.4 is 10.0 Å². The topological polar surface area (TPSA) is 93.7 Å². The molecule has 124 valence electrons. The SMILES string of the molecule is COCC1(CNS(=O)(=O)c2csc(C(=O)OC)c2)CCCN1. The highest BCUT2D eigenvalue weighted by atomic mass is 32.2. The van der Waals surface area contributed by atoms with E-state index in [-0.39, 0.29) is 21.9 Å². The van der Waals surface area contributed by atoms with E-state index in [0.29, 0.717) is 6.61 Å². The van der Waals surface area contributed by atoms with Gasteiger partial charge in [0, 0.05) is 19.0 Å². The summed E-state index contributed by atoms with van der Waals surface area (Å²) in [6, 6.07) is 1.32. The summed E-state index contributed by atoms with van der Waals surface area (Å²) in [5, 5.41) is 4.73. The average molecular weight is 348 g/mol. The van der Waals surface area contributed by atoms with Crippen molar-refractivity contribution in [1.82, 2.24) is 10.0 Å². The molecule has 2 N–H and O–H groups in total. The number of hydrogen-bond donors (Lipinski definition) is 2. The summed E-state index contributed by atoms with van der Waals surface area (Å²) in [5.41, 5.74) is -0.372. The second-order valence-electron chi connectivity index (χ2n) is 5.21. The van der Waals surface area contributed by atoms with E-state index in [1.54, 1.807) is 7.11 Å². The number of hydrogen-bond acceptors (Lipinski definition) is 7. The van der Waals surface area contributed by atoms with Crippen LogP contribution >= 0.6 is 11.3 Å². The molecule has 1 atom stereocenters. The minimum absolute atomic E-state index is 0.0727. The zero-order valence-corrected chi connectivity index (χ0v) is 14.2. The van der Waals surface area contributed by atoms with Crippen LogP contribution in [-0.2, 0) is 19.5 Å². The Morgan fingerprint density at radius 1 is 1.50 bits per heavy atom. The van der Waals surface area contributed by atoms with Crippen LogP contribution in [0.15, 0.2) is 16.3 Å². The molecule has 22 heavy (non-hydrogen) atoms. The molecule has 2 heterocycles. The Labute approximate surface area is 134 Å². The molecular formula is C13H20N2O5S2. The highest BCUT2D eigenvalue weighted by Crippen LogP contribution is 2.22. The van der Waals surface area contributed by atoms with Crippen molar-refractivity contribution in [2.24, 2.45) is 0 Å². The van der Waals surface area contributed by atoms with Gasteiger partial charge in [0.1, 0.15) is 4.88 Å². The normalized spacial score (nSPS) is 21.9. The lowest BCUT2D eigenvalue weighted by molar-refractivity contribution is 0.0606. The summed E-state index contributed by atoms with van der Waals surface area (Å²) >= 11 is 1.04. The van der Waals surface area contributed by atoms with Gasteiger partial charge in [0.2, 0.25) is 10.0 Å². The molecule has 0 amide bonds. The first-order valence-corrected chi connectivity index (χ1v) is 9.19. The summed E-state index contributed by atoms with van der Waals surface area (Å²) < 4.78 is 37.0. The predicted octanol–water partition coefficient (Wildman–Crippen LogP) is 0.582. The van der Waals surface area contributed by atoms with Crippen molar-refractivity contribution in [2.45, 2.75) is 23.3 Å². The molecule has 1 aliphatic heterocycles.